The Bertz CT molecular complexity index is 1360. The molecule has 206 valence electrons. The summed E-state index contributed by atoms with van der Waals surface area (Å²) in [6, 6.07) is 8.60. The summed E-state index contributed by atoms with van der Waals surface area (Å²) < 4.78 is 14.7. The summed E-state index contributed by atoms with van der Waals surface area (Å²) in [6.45, 7) is 7.77. The molecule has 4 amide bonds. The van der Waals surface area contributed by atoms with Gasteiger partial charge in [0.1, 0.15) is 0 Å². The summed E-state index contributed by atoms with van der Waals surface area (Å²) in [7, 11) is 0. The van der Waals surface area contributed by atoms with Gasteiger partial charge in [-0.2, -0.15) is 0 Å². The van der Waals surface area contributed by atoms with Crippen molar-refractivity contribution in [2.75, 3.05) is 16.4 Å². The Morgan fingerprint density at radius 1 is 0.821 bits per heavy atom. The first-order chi connectivity index (χ1) is 18.2. The Labute approximate surface area is 242 Å². The van der Waals surface area contributed by atoms with Crippen molar-refractivity contribution in [2.24, 2.45) is 0 Å². The van der Waals surface area contributed by atoms with Crippen LogP contribution in [0, 0.1) is 0 Å². The van der Waals surface area contributed by atoms with Crippen LogP contribution < -0.4 is 9.80 Å². The minimum Gasteiger partial charge on any atom is -0.463 e. The maximum Gasteiger partial charge on any atom is 0.423 e. The molecule has 2 heterocycles. The predicted molar refractivity (Wildman–Crippen MR) is 144 cm³/mol. The molecular formula is C25H20Cl4N2O8. The van der Waals surface area contributed by atoms with E-state index in [2.05, 4.69) is 6.58 Å². The zero-order valence-corrected chi connectivity index (χ0v) is 23.7. The fourth-order valence-electron chi connectivity index (χ4n) is 3.44. The number of hydrogen-bond acceptors (Lipinski definition) is 8. The van der Waals surface area contributed by atoms with Crippen molar-refractivity contribution in [3.05, 3.63) is 69.1 Å². The number of carbonyl (C=O) groups excluding carboxylic acids is 5. The molecule has 0 aromatic heterocycles. The lowest BCUT2D eigenvalue weighted by Gasteiger charge is -2.17. The van der Waals surface area contributed by atoms with Gasteiger partial charge in [0, 0.05) is 20.1 Å². The molecule has 2 aliphatic heterocycles. The van der Waals surface area contributed by atoms with Gasteiger partial charge in [-0.25, -0.2) is 24.2 Å². The summed E-state index contributed by atoms with van der Waals surface area (Å²) in [5.74, 6) is -2.32. The van der Waals surface area contributed by atoms with E-state index in [9.17, 15) is 24.0 Å². The maximum atomic E-state index is 12.4. The summed E-state index contributed by atoms with van der Waals surface area (Å²) in [5, 5.41) is 1.13. The Balaban J connectivity index is 0.000000218. The number of rotatable bonds is 5. The Morgan fingerprint density at radius 3 is 1.62 bits per heavy atom. The zero-order valence-electron chi connectivity index (χ0n) is 20.6. The number of hydrogen-bond donors (Lipinski definition) is 0. The van der Waals surface area contributed by atoms with Crippen molar-refractivity contribution in [1.29, 1.82) is 0 Å². The summed E-state index contributed by atoms with van der Waals surface area (Å²) >= 11 is 23.4. The van der Waals surface area contributed by atoms with Crippen LogP contribution in [-0.2, 0) is 28.6 Å². The standard InChI is InChI=1S/C13H11Cl2NO5.C12H9Cl2NO3/c1-3-20-11(18)13(2)10(17)16(12(19)21-13)9-5-7(14)4-8(15)6-9;1-3-12(2)10(16)15(11(17)18-12)9-5-7(13)4-8(14)6-9/h4-6H,3H2,1-2H3;3-6H,1H2,2H3. The van der Waals surface area contributed by atoms with Crippen LogP contribution in [0.25, 0.3) is 0 Å². The first-order valence-corrected chi connectivity index (χ1v) is 12.6. The molecule has 2 saturated heterocycles. The van der Waals surface area contributed by atoms with Gasteiger partial charge >= 0.3 is 18.2 Å². The molecule has 10 nitrogen and oxygen atoms in total. The molecule has 0 bridgehead atoms. The van der Waals surface area contributed by atoms with Crippen molar-refractivity contribution >= 4 is 87.7 Å². The Morgan fingerprint density at radius 2 is 1.23 bits per heavy atom. The molecule has 2 aromatic carbocycles. The van der Waals surface area contributed by atoms with Crippen LogP contribution in [0.5, 0.6) is 0 Å². The highest BCUT2D eigenvalue weighted by Crippen LogP contribution is 2.34. The van der Waals surface area contributed by atoms with Gasteiger partial charge in [0.15, 0.2) is 0 Å². The van der Waals surface area contributed by atoms with Gasteiger partial charge in [-0.15, -0.1) is 0 Å². The first kappa shape index (κ1) is 30.2. The van der Waals surface area contributed by atoms with E-state index < -0.39 is 41.2 Å². The van der Waals surface area contributed by atoms with Crippen molar-refractivity contribution in [1.82, 2.24) is 0 Å². The lowest BCUT2D eigenvalue weighted by atomic mass is 10.1. The predicted octanol–water partition coefficient (Wildman–Crippen LogP) is 6.22. The highest BCUT2D eigenvalue weighted by atomic mass is 35.5. The summed E-state index contributed by atoms with van der Waals surface area (Å²) in [4.78, 5) is 61.6. The minimum absolute atomic E-state index is 0.0578. The zero-order chi connectivity index (χ0) is 29.3. The second-order valence-corrected chi connectivity index (χ2v) is 10.1. The van der Waals surface area contributed by atoms with Crippen molar-refractivity contribution in [2.45, 2.75) is 32.0 Å². The third-order valence-electron chi connectivity index (χ3n) is 5.46. The Hall–Kier alpha value is -3.31. The van der Waals surface area contributed by atoms with E-state index in [-0.39, 0.29) is 28.0 Å². The molecule has 0 spiro atoms. The SMILES string of the molecule is C=CC1(C)OC(=O)N(c2cc(Cl)cc(Cl)c2)C1=O.CCOC(=O)C1(C)OC(=O)N(c2cc(Cl)cc(Cl)c2)C1=O. The number of anilines is 2. The Kier molecular flexibility index (Phi) is 8.86. The van der Waals surface area contributed by atoms with Crippen LogP contribution in [0.1, 0.15) is 20.8 Å². The molecule has 4 rings (SSSR count). The van der Waals surface area contributed by atoms with E-state index in [4.69, 9.17) is 60.6 Å². The van der Waals surface area contributed by atoms with Crippen LogP contribution in [0.3, 0.4) is 0 Å². The van der Waals surface area contributed by atoms with Gasteiger partial charge in [-0.3, -0.25) is 9.59 Å². The highest BCUT2D eigenvalue weighted by Gasteiger charge is 2.58. The first-order valence-electron chi connectivity index (χ1n) is 11.0. The molecule has 0 radical (unpaired) electrons. The van der Waals surface area contributed by atoms with E-state index in [1.807, 2.05) is 0 Å². The molecule has 0 saturated carbocycles. The van der Waals surface area contributed by atoms with E-state index in [1.54, 1.807) is 6.92 Å². The fraction of sp³-hybridized carbons (Fsp3) is 0.240. The van der Waals surface area contributed by atoms with Gasteiger partial charge < -0.3 is 14.2 Å². The van der Waals surface area contributed by atoms with Crippen LogP contribution in [0.15, 0.2) is 49.1 Å². The molecule has 2 fully saturated rings. The molecule has 0 aliphatic carbocycles. The molecule has 2 aromatic rings. The highest BCUT2D eigenvalue weighted by molar-refractivity contribution is 6.36. The second kappa shape index (κ2) is 11.4. The molecule has 39 heavy (non-hydrogen) atoms. The van der Waals surface area contributed by atoms with E-state index in [1.165, 1.54) is 56.3 Å². The molecule has 2 unspecified atom stereocenters. The summed E-state index contributed by atoms with van der Waals surface area (Å²) in [5.41, 5.74) is -2.98. The largest absolute Gasteiger partial charge is 0.463 e. The molecule has 2 atom stereocenters. The summed E-state index contributed by atoms with van der Waals surface area (Å²) in [6.07, 6.45) is -0.492. The van der Waals surface area contributed by atoms with Crippen LogP contribution in [-0.4, -0.2) is 47.8 Å². The minimum atomic E-state index is -2.01. The van der Waals surface area contributed by atoms with E-state index in [0.29, 0.717) is 14.9 Å². The number of amides is 4. The number of esters is 1. The maximum absolute atomic E-state index is 12.4. The molecule has 14 heteroatoms. The normalized spacial score (nSPS) is 22.2. The molecule has 0 N–H and O–H groups in total. The van der Waals surface area contributed by atoms with Crippen LogP contribution in [0.4, 0.5) is 21.0 Å². The average molecular weight is 618 g/mol. The smallest absolute Gasteiger partial charge is 0.423 e. The van der Waals surface area contributed by atoms with Crippen molar-refractivity contribution in [3.63, 3.8) is 0 Å². The number of ether oxygens (including phenoxy) is 3. The number of imide groups is 2. The number of carbonyl (C=O) groups is 5. The number of benzene rings is 2. The van der Waals surface area contributed by atoms with Crippen LogP contribution >= 0.6 is 46.4 Å². The topological polar surface area (TPSA) is 120 Å². The lowest BCUT2D eigenvalue weighted by Crippen LogP contribution is -2.46. The molecule has 2 aliphatic rings. The number of cyclic esters (lactones) is 2. The van der Waals surface area contributed by atoms with Crippen molar-refractivity contribution < 1.29 is 38.2 Å². The van der Waals surface area contributed by atoms with Gasteiger partial charge in [-0.05, 0) is 63.2 Å². The van der Waals surface area contributed by atoms with Gasteiger partial charge in [0.2, 0.25) is 5.60 Å². The van der Waals surface area contributed by atoms with Gasteiger partial charge in [-0.1, -0.05) is 53.0 Å². The van der Waals surface area contributed by atoms with Crippen molar-refractivity contribution in [3.8, 4) is 0 Å². The second-order valence-electron chi connectivity index (χ2n) is 8.34. The number of halogens is 4. The fourth-order valence-corrected chi connectivity index (χ4v) is 4.47. The average Bonchev–Trinajstić information content (AvgIpc) is 3.20. The van der Waals surface area contributed by atoms with E-state index in [0.717, 1.165) is 4.90 Å². The molecular weight excluding hydrogens is 598 g/mol. The quantitative estimate of drug-likeness (QED) is 0.168. The third-order valence-corrected chi connectivity index (χ3v) is 6.33. The monoisotopic (exact) mass is 616 g/mol. The van der Waals surface area contributed by atoms with Gasteiger partial charge in [0.05, 0.1) is 18.0 Å². The van der Waals surface area contributed by atoms with Crippen LogP contribution in [0.2, 0.25) is 20.1 Å². The third kappa shape index (κ3) is 5.99. The lowest BCUT2D eigenvalue weighted by molar-refractivity contribution is -0.164. The van der Waals surface area contributed by atoms with Gasteiger partial charge in [0.25, 0.3) is 17.4 Å². The number of nitrogens with zero attached hydrogens (tertiary/aromatic N) is 2. The van der Waals surface area contributed by atoms with E-state index >= 15 is 0 Å².